The first-order valence-corrected chi connectivity index (χ1v) is 5.40. The molecule has 0 amide bonds. The lowest BCUT2D eigenvalue weighted by Gasteiger charge is -2.33. The van der Waals surface area contributed by atoms with E-state index in [2.05, 4.69) is 19.8 Å². The third-order valence-corrected chi connectivity index (χ3v) is 2.60. The normalized spacial score (nSPS) is 19.2. The van der Waals surface area contributed by atoms with Crippen molar-refractivity contribution in [2.45, 2.75) is 13.8 Å². The molecule has 2 rings (SSSR count). The summed E-state index contributed by atoms with van der Waals surface area (Å²) in [6.45, 7) is 5.69. The first kappa shape index (κ1) is 11.3. The van der Waals surface area contributed by atoms with Crippen LogP contribution in [-0.2, 0) is 9.31 Å². The van der Waals surface area contributed by atoms with E-state index in [-0.39, 0.29) is 12.5 Å². The Bertz CT molecular complexity index is 393. The molecule has 1 saturated heterocycles. The fourth-order valence-electron chi connectivity index (χ4n) is 1.62. The molecule has 1 aromatic carbocycles. The molecule has 0 aromatic heterocycles. The van der Waals surface area contributed by atoms with Gasteiger partial charge >= 0.3 is 7.12 Å². The van der Waals surface area contributed by atoms with E-state index in [9.17, 15) is 0 Å². The first-order chi connectivity index (χ1) is 7.61. The van der Waals surface area contributed by atoms with E-state index in [1.165, 1.54) is 0 Å². The molecule has 0 aliphatic carbocycles. The maximum Gasteiger partial charge on any atom is 0.493 e. The van der Waals surface area contributed by atoms with Gasteiger partial charge in [-0.1, -0.05) is 31.9 Å². The third-order valence-electron chi connectivity index (χ3n) is 2.60. The van der Waals surface area contributed by atoms with E-state index < -0.39 is 0 Å². The fraction of sp³-hybridized carbons (Fsp3) is 0.385. The quantitative estimate of drug-likeness (QED) is 0.520. The largest absolute Gasteiger partial charge is 0.493 e. The molecule has 0 bridgehead atoms. The average molecular weight is 214 g/mol. The molecule has 1 heterocycles. The van der Waals surface area contributed by atoms with Crippen LogP contribution in [-0.4, -0.2) is 20.3 Å². The number of hydrogen-bond donors (Lipinski definition) is 0. The van der Waals surface area contributed by atoms with Crippen molar-refractivity contribution < 1.29 is 9.31 Å². The molecule has 0 radical (unpaired) electrons. The molecule has 3 heteroatoms. The van der Waals surface area contributed by atoms with Gasteiger partial charge in [0.2, 0.25) is 0 Å². The van der Waals surface area contributed by atoms with E-state index in [4.69, 9.17) is 15.7 Å². The zero-order valence-electron chi connectivity index (χ0n) is 9.69. The predicted octanol–water partition coefficient (Wildman–Crippen LogP) is 1.44. The minimum atomic E-state index is -0.250. The van der Waals surface area contributed by atoms with Gasteiger partial charge in [0.1, 0.15) is 0 Å². The van der Waals surface area contributed by atoms with Crippen LogP contribution in [0.1, 0.15) is 19.4 Å². The third kappa shape index (κ3) is 2.47. The van der Waals surface area contributed by atoms with Crippen molar-refractivity contribution in [3.63, 3.8) is 0 Å². The first-order valence-electron chi connectivity index (χ1n) is 5.40. The van der Waals surface area contributed by atoms with Gasteiger partial charge in [-0.05, 0) is 17.6 Å². The number of hydrogen-bond acceptors (Lipinski definition) is 2. The topological polar surface area (TPSA) is 18.5 Å². The van der Waals surface area contributed by atoms with Gasteiger partial charge in [0.25, 0.3) is 0 Å². The summed E-state index contributed by atoms with van der Waals surface area (Å²) < 4.78 is 11.4. The van der Waals surface area contributed by atoms with E-state index in [1.807, 2.05) is 24.3 Å². The second-order valence-electron chi connectivity index (χ2n) is 4.88. The van der Waals surface area contributed by atoms with Crippen LogP contribution < -0.4 is 5.46 Å². The summed E-state index contributed by atoms with van der Waals surface area (Å²) in [6, 6.07) is 7.72. The van der Waals surface area contributed by atoms with Crippen molar-refractivity contribution in [3.8, 4) is 12.3 Å². The van der Waals surface area contributed by atoms with Crippen LogP contribution in [0, 0.1) is 17.8 Å². The van der Waals surface area contributed by atoms with Crippen LogP contribution in [0.2, 0.25) is 0 Å². The maximum absolute atomic E-state index is 5.68. The summed E-state index contributed by atoms with van der Waals surface area (Å²) in [6.07, 6.45) is 5.30. The molecule has 0 atom stereocenters. The second-order valence-corrected chi connectivity index (χ2v) is 4.88. The molecule has 0 unspecified atom stereocenters. The molecule has 1 aliphatic rings. The number of rotatable bonds is 1. The van der Waals surface area contributed by atoms with Gasteiger partial charge in [0.05, 0.1) is 0 Å². The fourth-order valence-corrected chi connectivity index (χ4v) is 1.62. The summed E-state index contributed by atoms with van der Waals surface area (Å²) in [4.78, 5) is 0. The lowest BCUT2D eigenvalue weighted by atomic mass is 9.76. The van der Waals surface area contributed by atoms with Crippen LogP contribution >= 0.6 is 0 Å². The molecule has 1 fully saturated rings. The van der Waals surface area contributed by atoms with Crippen LogP contribution in [0.25, 0.3) is 0 Å². The van der Waals surface area contributed by atoms with Crippen LogP contribution in [0.4, 0.5) is 0 Å². The van der Waals surface area contributed by atoms with Crippen molar-refractivity contribution in [3.05, 3.63) is 29.8 Å². The summed E-state index contributed by atoms with van der Waals surface area (Å²) >= 11 is 0. The van der Waals surface area contributed by atoms with E-state index in [1.54, 1.807) is 0 Å². The summed E-state index contributed by atoms with van der Waals surface area (Å²) in [7, 11) is -0.250. The Kier molecular flexibility index (Phi) is 3.04. The van der Waals surface area contributed by atoms with Crippen molar-refractivity contribution in [2.24, 2.45) is 5.41 Å². The Balaban J connectivity index is 2.06. The maximum atomic E-state index is 5.68. The molecule has 2 nitrogen and oxygen atoms in total. The monoisotopic (exact) mass is 214 g/mol. The van der Waals surface area contributed by atoms with E-state index in [0.29, 0.717) is 13.2 Å². The zero-order valence-corrected chi connectivity index (χ0v) is 9.69. The van der Waals surface area contributed by atoms with Crippen molar-refractivity contribution in [2.75, 3.05) is 13.2 Å². The van der Waals surface area contributed by atoms with Gasteiger partial charge in [-0.2, -0.15) is 0 Å². The highest BCUT2D eigenvalue weighted by atomic mass is 16.6. The van der Waals surface area contributed by atoms with Gasteiger partial charge in [0, 0.05) is 24.2 Å². The molecule has 1 aromatic rings. The predicted molar refractivity (Wildman–Crippen MR) is 65.5 cm³/mol. The average Bonchev–Trinajstić information content (AvgIpc) is 2.29. The van der Waals surface area contributed by atoms with Crippen LogP contribution in [0.5, 0.6) is 0 Å². The molecular weight excluding hydrogens is 199 g/mol. The summed E-state index contributed by atoms with van der Waals surface area (Å²) in [5, 5.41) is 0. The van der Waals surface area contributed by atoms with Crippen LogP contribution in [0.3, 0.4) is 0 Å². The molecule has 16 heavy (non-hydrogen) atoms. The molecule has 82 valence electrons. The summed E-state index contributed by atoms with van der Waals surface area (Å²) in [5.41, 5.74) is 2.00. The zero-order chi connectivity index (χ0) is 11.6. The lowest BCUT2D eigenvalue weighted by Crippen LogP contribution is -2.47. The highest BCUT2D eigenvalue weighted by molar-refractivity contribution is 6.61. The molecule has 0 saturated carbocycles. The van der Waals surface area contributed by atoms with Gasteiger partial charge in [-0.3, -0.25) is 0 Å². The molecule has 0 spiro atoms. The minimum absolute atomic E-state index is 0.106. The standard InChI is InChI=1S/C13H15BO2/c1-4-11-5-7-12(8-6-11)14-15-9-13(2,3)10-16-14/h1,5-8H,9-10H2,2-3H3. The van der Waals surface area contributed by atoms with Gasteiger partial charge in [0.15, 0.2) is 0 Å². The molecular formula is C13H15BO2. The highest BCUT2D eigenvalue weighted by Gasteiger charge is 2.33. The smallest absolute Gasteiger partial charge is 0.407 e. The Labute approximate surface area is 97.1 Å². The summed E-state index contributed by atoms with van der Waals surface area (Å²) in [5.74, 6) is 2.59. The van der Waals surface area contributed by atoms with Gasteiger partial charge in [-0.15, -0.1) is 6.42 Å². The van der Waals surface area contributed by atoms with E-state index >= 15 is 0 Å². The Morgan fingerprint density at radius 3 is 2.25 bits per heavy atom. The van der Waals surface area contributed by atoms with E-state index in [0.717, 1.165) is 11.0 Å². The van der Waals surface area contributed by atoms with Crippen LogP contribution in [0.15, 0.2) is 24.3 Å². The highest BCUT2D eigenvalue weighted by Crippen LogP contribution is 2.21. The van der Waals surface area contributed by atoms with Gasteiger partial charge in [-0.25, -0.2) is 0 Å². The number of terminal acetylenes is 1. The Morgan fingerprint density at radius 1 is 1.19 bits per heavy atom. The minimum Gasteiger partial charge on any atom is -0.407 e. The van der Waals surface area contributed by atoms with Crippen molar-refractivity contribution in [1.82, 2.24) is 0 Å². The second kappa shape index (κ2) is 4.33. The lowest BCUT2D eigenvalue weighted by molar-refractivity contribution is 0.0343. The molecule has 1 aliphatic heterocycles. The Hall–Kier alpha value is -1.24. The van der Waals surface area contributed by atoms with Crippen molar-refractivity contribution in [1.29, 1.82) is 0 Å². The van der Waals surface area contributed by atoms with Crippen molar-refractivity contribution >= 4 is 12.6 Å². The van der Waals surface area contributed by atoms with Gasteiger partial charge < -0.3 is 9.31 Å². The SMILES string of the molecule is C#Cc1ccc(B2OCC(C)(C)CO2)cc1. The number of benzene rings is 1. The Morgan fingerprint density at radius 2 is 1.75 bits per heavy atom. The molecule has 0 N–H and O–H groups in total.